The van der Waals surface area contributed by atoms with Gasteiger partial charge in [-0.1, -0.05) is 44.2 Å². The molecule has 0 saturated carbocycles. The maximum absolute atomic E-state index is 2.23. The van der Waals surface area contributed by atoms with E-state index in [-0.39, 0.29) is 0 Å². The third-order valence-electron chi connectivity index (χ3n) is 1.16. The lowest BCUT2D eigenvalue weighted by atomic mass is 10.4. The van der Waals surface area contributed by atoms with Crippen molar-refractivity contribution in [3.63, 3.8) is 0 Å². The van der Waals surface area contributed by atoms with Crippen LogP contribution in [0.2, 0.25) is 0 Å². The van der Waals surface area contributed by atoms with E-state index in [2.05, 4.69) is 44.2 Å². The van der Waals surface area contributed by atoms with E-state index in [9.17, 15) is 0 Å². The normalized spacial score (nSPS) is 11.5. The molecule has 1 heteroatoms. The van der Waals surface area contributed by atoms with E-state index in [1.54, 1.807) is 0 Å². The first kappa shape index (κ1) is 7.75. The summed E-state index contributed by atoms with van der Waals surface area (Å²) in [6.45, 7) is 4.46. The van der Waals surface area contributed by atoms with Gasteiger partial charge in [-0.25, -0.2) is 5.30 Å². The summed E-state index contributed by atoms with van der Waals surface area (Å²) in [6.07, 6.45) is 0. The zero-order valence-corrected chi connectivity index (χ0v) is 7.31. The summed E-state index contributed by atoms with van der Waals surface area (Å²) in [5.74, 6) is 0. The zero-order chi connectivity index (χ0) is 7.40. The van der Waals surface area contributed by atoms with Gasteiger partial charge in [0.05, 0.1) is 0 Å². The zero-order valence-electron chi connectivity index (χ0n) is 6.41. The van der Waals surface area contributed by atoms with Crippen LogP contribution in [0.15, 0.2) is 30.3 Å². The Morgan fingerprint density at radius 3 is 2.20 bits per heavy atom. The van der Waals surface area contributed by atoms with Crippen LogP contribution < -0.4 is 5.30 Å². The van der Waals surface area contributed by atoms with Gasteiger partial charge in [0, 0.05) is 0 Å². The summed E-state index contributed by atoms with van der Waals surface area (Å²) < 4.78 is 0. The van der Waals surface area contributed by atoms with Crippen molar-refractivity contribution in [1.29, 1.82) is 0 Å². The Labute approximate surface area is 64.4 Å². The number of hydrogen-bond acceptors (Lipinski definition) is 0. The van der Waals surface area contributed by atoms with Gasteiger partial charge in [-0.3, -0.25) is 0 Å². The van der Waals surface area contributed by atoms with Crippen molar-refractivity contribution in [2.45, 2.75) is 19.5 Å². The highest BCUT2D eigenvalue weighted by atomic mass is 31.1. The lowest BCUT2D eigenvalue weighted by Crippen LogP contribution is -1.96. The van der Waals surface area contributed by atoms with Crippen molar-refractivity contribution >= 4 is 13.9 Å². The average molecular weight is 151 g/mol. The molecule has 0 aliphatic carbocycles. The van der Waals surface area contributed by atoms with Crippen molar-refractivity contribution in [1.82, 2.24) is 0 Å². The molecule has 1 rings (SSSR count). The largest absolute Gasteiger partial charge is 0.503 e. The third kappa shape index (κ3) is 2.49. The molecule has 0 radical (unpaired) electrons. The summed E-state index contributed by atoms with van der Waals surface area (Å²) in [7, 11) is 1.43. The van der Waals surface area contributed by atoms with Crippen LogP contribution in [-0.2, 0) is 0 Å². The molecule has 0 nitrogen and oxygen atoms in total. The molecular formula is C9H12P-. The summed E-state index contributed by atoms with van der Waals surface area (Å²) in [6, 6.07) is 10.6. The molecule has 1 aromatic carbocycles. The van der Waals surface area contributed by atoms with Crippen LogP contribution in [0.3, 0.4) is 0 Å². The third-order valence-corrected chi connectivity index (χ3v) is 2.28. The van der Waals surface area contributed by atoms with Crippen molar-refractivity contribution in [2.75, 3.05) is 0 Å². The summed E-state index contributed by atoms with van der Waals surface area (Å²) in [5.41, 5.74) is 0.738. The first-order chi connectivity index (χ1) is 4.79. The molecule has 0 atom stereocenters. The van der Waals surface area contributed by atoms with Crippen LogP contribution in [-0.4, -0.2) is 5.66 Å². The SMILES string of the molecule is CC(C)[P-]c1ccccc1. The predicted octanol–water partition coefficient (Wildman–Crippen LogP) is 2.67. The Kier molecular flexibility index (Phi) is 2.89. The van der Waals surface area contributed by atoms with Gasteiger partial charge >= 0.3 is 0 Å². The molecule has 0 spiro atoms. The molecule has 0 fully saturated rings. The smallest absolute Gasteiger partial charge is 0.0624 e. The van der Waals surface area contributed by atoms with Crippen molar-refractivity contribution in [2.24, 2.45) is 0 Å². The molecule has 0 amide bonds. The molecule has 0 aliphatic heterocycles. The van der Waals surface area contributed by atoms with Crippen LogP contribution in [0, 0.1) is 0 Å². The second kappa shape index (κ2) is 3.73. The fraction of sp³-hybridized carbons (Fsp3) is 0.333. The van der Waals surface area contributed by atoms with Crippen LogP contribution in [0.1, 0.15) is 13.8 Å². The Hall–Kier alpha value is -0.350. The molecule has 0 N–H and O–H groups in total. The number of hydrogen-bond donors (Lipinski definition) is 0. The van der Waals surface area contributed by atoms with Gasteiger partial charge in [0.15, 0.2) is 0 Å². The van der Waals surface area contributed by atoms with Crippen molar-refractivity contribution in [3.8, 4) is 0 Å². The highest BCUT2D eigenvalue weighted by Gasteiger charge is 1.77. The lowest BCUT2D eigenvalue weighted by Gasteiger charge is -2.22. The van der Waals surface area contributed by atoms with Crippen LogP contribution in [0.4, 0.5) is 0 Å². The summed E-state index contributed by atoms with van der Waals surface area (Å²) >= 11 is 0. The van der Waals surface area contributed by atoms with Gasteiger partial charge in [0.25, 0.3) is 0 Å². The number of rotatable bonds is 2. The Morgan fingerprint density at radius 1 is 1.10 bits per heavy atom. The van der Waals surface area contributed by atoms with Gasteiger partial charge in [0.1, 0.15) is 0 Å². The molecule has 0 aromatic heterocycles. The molecular weight excluding hydrogens is 139 g/mol. The summed E-state index contributed by atoms with van der Waals surface area (Å²) in [4.78, 5) is 0. The van der Waals surface area contributed by atoms with Crippen molar-refractivity contribution in [3.05, 3.63) is 30.3 Å². The van der Waals surface area contributed by atoms with E-state index in [1.165, 1.54) is 13.9 Å². The first-order valence-corrected chi connectivity index (χ1v) is 4.51. The number of benzene rings is 1. The van der Waals surface area contributed by atoms with E-state index in [0.29, 0.717) is 0 Å². The van der Waals surface area contributed by atoms with Gasteiger partial charge in [-0.2, -0.15) is 5.66 Å². The molecule has 0 bridgehead atoms. The predicted molar refractivity (Wildman–Crippen MR) is 48.1 cm³/mol. The molecule has 1 aromatic rings. The van der Waals surface area contributed by atoms with Gasteiger partial charge in [0.2, 0.25) is 0 Å². The second-order valence-corrected chi connectivity index (χ2v) is 4.37. The topological polar surface area (TPSA) is 0 Å². The molecule has 0 heterocycles. The quantitative estimate of drug-likeness (QED) is 0.570. The fourth-order valence-electron chi connectivity index (χ4n) is 0.812. The van der Waals surface area contributed by atoms with E-state index >= 15 is 0 Å². The van der Waals surface area contributed by atoms with E-state index in [1.807, 2.05) is 0 Å². The van der Waals surface area contributed by atoms with Crippen LogP contribution in [0.5, 0.6) is 0 Å². The Bertz CT molecular complexity index is 179. The molecule has 0 unspecified atom stereocenters. The second-order valence-electron chi connectivity index (χ2n) is 2.56. The highest BCUT2D eigenvalue weighted by Crippen LogP contribution is 2.16. The Balaban J connectivity index is 2.59. The lowest BCUT2D eigenvalue weighted by molar-refractivity contribution is 1.11. The average Bonchev–Trinajstić information content (AvgIpc) is 1.88. The minimum absolute atomic E-state index is 0.738. The first-order valence-electron chi connectivity index (χ1n) is 3.55. The maximum Gasteiger partial charge on any atom is -0.0624 e. The minimum atomic E-state index is 0.738. The monoisotopic (exact) mass is 151 g/mol. The van der Waals surface area contributed by atoms with Gasteiger partial charge < -0.3 is 8.58 Å². The molecule has 54 valence electrons. The van der Waals surface area contributed by atoms with Gasteiger partial charge in [-0.05, 0) is 0 Å². The molecule has 0 saturated heterocycles. The standard InChI is InChI=1S/C9H12P/c1-8(2)10-9-6-4-3-5-7-9/h3-8H,1-2H3/q-1. The van der Waals surface area contributed by atoms with Crippen LogP contribution in [0.25, 0.3) is 0 Å². The fourth-order valence-corrected chi connectivity index (χ4v) is 1.75. The maximum atomic E-state index is 2.23. The van der Waals surface area contributed by atoms with Crippen molar-refractivity contribution < 1.29 is 0 Å². The van der Waals surface area contributed by atoms with E-state index < -0.39 is 0 Å². The van der Waals surface area contributed by atoms with Gasteiger partial charge in [-0.15, -0.1) is 0 Å². The Morgan fingerprint density at radius 2 is 1.70 bits per heavy atom. The summed E-state index contributed by atoms with van der Waals surface area (Å²) in [5, 5.41) is 1.41. The van der Waals surface area contributed by atoms with E-state index in [4.69, 9.17) is 0 Å². The van der Waals surface area contributed by atoms with E-state index in [0.717, 1.165) is 5.66 Å². The highest BCUT2D eigenvalue weighted by molar-refractivity contribution is 7.47. The molecule has 0 aliphatic rings. The van der Waals surface area contributed by atoms with Crippen LogP contribution >= 0.6 is 8.58 Å². The minimum Gasteiger partial charge on any atom is -0.503 e. The molecule has 10 heavy (non-hydrogen) atoms.